The molecule has 1 aliphatic carbocycles. The summed E-state index contributed by atoms with van der Waals surface area (Å²) in [7, 11) is 0. The van der Waals surface area contributed by atoms with Gasteiger partial charge in [0.15, 0.2) is 0 Å². The second-order valence-corrected chi connectivity index (χ2v) is 6.48. The van der Waals surface area contributed by atoms with E-state index in [0.717, 1.165) is 0 Å². The summed E-state index contributed by atoms with van der Waals surface area (Å²) >= 11 is 0. The van der Waals surface area contributed by atoms with E-state index < -0.39 is 11.4 Å². The predicted octanol–water partition coefficient (Wildman–Crippen LogP) is 2.39. The molecule has 1 fully saturated rings. The summed E-state index contributed by atoms with van der Waals surface area (Å²) in [5, 5.41) is 11.8. The topological polar surface area (TPSA) is 81.7 Å². The SMILES string of the molecule is CC1(Nc2ccc(C(=O)NO)cc2)CCN(C2C=C(F)C=CC2)C1=O. The monoisotopic (exact) mass is 345 g/mol. The predicted molar refractivity (Wildman–Crippen MR) is 90.8 cm³/mol. The van der Waals surface area contributed by atoms with Crippen molar-refractivity contribution in [2.75, 3.05) is 11.9 Å². The maximum atomic E-state index is 13.5. The maximum Gasteiger partial charge on any atom is 0.274 e. The highest BCUT2D eigenvalue weighted by Crippen LogP contribution is 2.31. The van der Waals surface area contributed by atoms with Crippen LogP contribution in [0.15, 0.2) is 48.3 Å². The number of halogens is 1. The number of allylic oxidation sites excluding steroid dienone is 2. The van der Waals surface area contributed by atoms with Crippen molar-refractivity contribution in [3.63, 3.8) is 0 Å². The van der Waals surface area contributed by atoms with Crippen molar-refractivity contribution in [3.05, 3.63) is 53.9 Å². The molecule has 1 saturated heterocycles. The molecule has 3 N–H and O–H groups in total. The maximum absolute atomic E-state index is 13.5. The Balaban J connectivity index is 1.71. The quantitative estimate of drug-likeness (QED) is 0.578. The standard InChI is InChI=1S/C18H20FN3O3/c1-18(20-14-7-5-12(6-8-14)16(23)21-25)9-10-22(17(18)24)15-4-2-3-13(19)11-15/h2-3,5-8,11,15,20,25H,4,9-10H2,1H3,(H,21,23). The van der Waals surface area contributed by atoms with Crippen LogP contribution in [0.4, 0.5) is 10.1 Å². The Labute approximate surface area is 145 Å². The number of carbonyl (C=O) groups is 2. The van der Waals surface area contributed by atoms with Crippen LogP contribution in [0.5, 0.6) is 0 Å². The Bertz CT molecular complexity index is 744. The normalized spacial score (nSPS) is 25.7. The van der Waals surface area contributed by atoms with Crippen LogP contribution >= 0.6 is 0 Å². The Hall–Kier alpha value is -2.67. The smallest absolute Gasteiger partial charge is 0.274 e. The second kappa shape index (κ2) is 6.68. The van der Waals surface area contributed by atoms with Gasteiger partial charge in [-0.05, 0) is 56.2 Å². The number of likely N-dealkylation sites (tertiary alicyclic amines) is 1. The molecular weight excluding hydrogens is 325 g/mol. The molecule has 1 aromatic rings. The van der Waals surface area contributed by atoms with Crippen LogP contribution in [0.2, 0.25) is 0 Å². The summed E-state index contributed by atoms with van der Waals surface area (Å²) in [5.41, 5.74) is 1.79. The molecule has 1 aromatic carbocycles. The van der Waals surface area contributed by atoms with Crippen molar-refractivity contribution in [1.82, 2.24) is 10.4 Å². The third kappa shape index (κ3) is 3.41. The molecule has 3 rings (SSSR count). The van der Waals surface area contributed by atoms with E-state index in [0.29, 0.717) is 30.6 Å². The van der Waals surface area contributed by atoms with E-state index in [2.05, 4.69) is 5.32 Å². The third-order valence-corrected chi connectivity index (χ3v) is 4.66. The Morgan fingerprint density at radius 3 is 2.72 bits per heavy atom. The summed E-state index contributed by atoms with van der Waals surface area (Å²) in [6.07, 6.45) is 5.84. The van der Waals surface area contributed by atoms with Gasteiger partial charge in [0.1, 0.15) is 11.4 Å². The van der Waals surface area contributed by atoms with Gasteiger partial charge in [0.05, 0.1) is 6.04 Å². The zero-order chi connectivity index (χ0) is 18.0. The molecule has 2 amide bonds. The van der Waals surface area contributed by atoms with E-state index in [1.807, 2.05) is 6.92 Å². The number of amides is 2. The fraction of sp³-hybridized carbons (Fsp3) is 0.333. The average molecular weight is 345 g/mol. The van der Waals surface area contributed by atoms with Crippen molar-refractivity contribution < 1.29 is 19.2 Å². The van der Waals surface area contributed by atoms with Crippen molar-refractivity contribution >= 4 is 17.5 Å². The van der Waals surface area contributed by atoms with E-state index in [1.54, 1.807) is 40.7 Å². The highest BCUT2D eigenvalue weighted by molar-refractivity contribution is 5.94. The first kappa shape index (κ1) is 17.2. The molecule has 0 saturated carbocycles. The number of carbonyl (C=O) groups excluding carboxylic acids is 2. The van der Waals surface area contributed by atoms with Crippen LogP contribution in [0, 0.1) is 0 Å². The van der Waals surface area contributed by atoms with Gasteiger partial charge < -0.3 is 10.2 Å². The molecule has 6 nitrogen and oxygen atoms in total. The largest absolute Gasteiger partial charge is 0.371 e. The summed E-state index contributed by atoms with van der Waals surface area (Å²) in [6.45, 7) is 2.37. The first-order chi connectivity index (χ1) is 11.9. The molecule has 0 bridgehead atoms. The lowest BCUT2D eigenvalue weighted by molar-refractivity contribution is -0.132. The van der Waals surface area contributed by atoms with Gasteiger partial charge in [-0.2, -0.15) is 0 Å². The van der Waals surface area contributed by atoms with E-state index in [1.165, 1.54) is 12.2 Å². The van der Waals surface area contributed by atoms with Gasteiger partial charge in [0, 0.05) is 17.8 Å². The van der Waals surface area contributed by atoms with Crippen LogP contribution in [0.3, 0.4) is 0 Å². The van der Waals surface area contributed by atoms with Gasteiger partial charge in [-0.3, -0.25) is 14.8 Å². The number of nitrogens with one attached hydrogen (secondary N) is 2. The van der Waals surface area contributed by atoms with E-state index in [9.17, 15) is 14.0 Å². The van der Waals surface area contributed by atoms with E-state index in [-0.39, 0.29) is 17.8 Å². The molecule has 1 aliphatic heterocycles. The minimum atomic E-state index is -0.785. The van der Waals surface area contributed by atoms with Crippen molar-refractivity contribution in [1.29, 1.82) is 0 Å². The lowest BCUT2D eigenvalue weighted by atomic mass is 9.99. The number of benzene rings is 1. The minimum absolute atomic E-state index is 0.0750. The number of hydrogen-bond acceptors (Lipinski definition) is 4. The first-order valence-corrected chi connectivity index (χ1v) is 8.10. The zero-order valence-electron chi connectivity index (χ0n) is 13.8. The number of hydroxylamine groups is 1. The van der Waals surface area contributed by atoms with Gasteiger partial charge >= 0.3 is 0 Å². The number of rotatable bonds is 4. The van der Waals surface area contributed by atoms with E-state index >= 15 is 0 Å². The molecular formula is C18H20FN3O3. The van der Waals surface area contributed by atoms with Gasteiger partial charge in [0.2, 0.25) is 5.91 Å². The number of nitrogens with zero attached hydrogens (tertiary/aromatic N) is 1. The molecule has 0 aromatic heterocycles. The van der Waals surface area contributed by atoms with Crippen LogP contribution in [-0.2, 0) is 4.79 Å². The third-order valence-electron chi connectivity index (χ3n) is 4.66. The highest BCUT2D eigenvalue weighted by atomic mass is 19.1. The van der Waals surface area contributed by atoms with Gasteiger partial charge in [-0.1, -0.05) is 6.08 Å². The van der Waals surface area contributed by atoms with Crippen LogP contribution in [0.25, 0.3) is 0 Å². The lowest BCUT2D eigenvalue weighted by Gasteiger charge is -2.30. The molecule has 2 atom stereocenters. The average Bonchev–Trinajstić information content (AvgIpc) is 2.90. The Kier molecular flexibility index (Phi) is 4.59. The Morgan fingerprint density at radius 2 is 2.08 bits per heavy atom. The number of anilines is 1. The van der Waals surface area contributed by atoms with Crippen LogP contribution in [-0.4, -0.2) is 40.0 Å². The fourth-order valence-electron chi connectivity index (χ4n) is 3.23. The molecule has 0 spiro atoms. The molecule has 132 valence electrons. The van der Waals surface area contributed by atoms with Crippen molar-refractivity contribution in [2.45, 2.75) is 31.3 Å². The van der Waals surface area contributed by atoms with E-state index in [4.69, 9.17) is 5.21 Å². The fourth-order valence-corrected chi connectivity index (χ4v) is 3.23. The summed E-state index contributed by atoms with van der Waals surface area (Å²) < 4.78 is 13.5. The molecule has 7 heteroatoms. The summed E-state index contributed by atoms with van der Waals surface area (Å²) in [4.78, 5) is 25.9. The summed E-state index contributed by atoms with van der Waals surface area (Å²) in [5.74, 6) is -0.988. The first-order valence-electron chi connectivity index (χ1n) is 8.10. The molecule has 25 heavy (non-hydrogen) atoms. The minimum Gasteiger partial charge on any atom is -0.371 e. The lowest BCUT2D eigenvalue weighted by Crippen LogP contribution is -2.46. The second-order valence-electron chi connectivity index (χ2n) is 6.48. The van der Waals surface area contributed by atoms with Gasteiger partial charge in [-0.25, -0.2) is 9.87 Å². The number of hydrogen-bond donors (Lipinski definition) is 3. The molecule has 2 aliphatic rings. The van der Waals surface area contributed by atoms with Crippen molar-refractivity contribution in [2.24, 2.45) is 0 Å². The van der Waals surface area contributed by atoms with Crippen LogP contribution < -0.4 is 10.8 Å². The zero-order valence-corrected chi connectivity index (χ0v) is 13.8. The highest BCUT2D eigenvalue weighted by Gasteiger charge is 2.44. The molecule has 1 heterocycles. The molecule has 2 unspecified atom stereocenters. The molecule has 0 radical (unpaired) electrons. The van der Waals surface area contributed by atoms with Gasteiger partial charge in [0.25, 0.3) is 5.91 Å². The summed E-state index contributed by atoms with van der Waals surface area (Å²) in [6, 6.07) is 6.21. The van der Waals surface area contributed by atoms with Gasteiger partial charge in [-0.15, -0.1) is 0 Å². The van der Waals surface area contributed by atoms with Crippen LogP contribution in [0.1, 0.15) is 30.1 Å². The van der Waals surface area contributed by atoms with Crippen molar-refractivity contribution in [3.8, 4) is 0 Å². The Morgan fingerprint density at radius 1 is 1.36 bits per heavy atom.